The summed E-state index contributed by atoms with van der Waals surface area (Å²) < 4.78 is 16.1. The van der Waals surface area contributed by atoms with Gasteiger partial charge in [-0.15, -0.1) is 0 Å². The minimum atomic E-state index is -0.574. The predicted molar refractivity (Wildman–Crippen MR) is 152 cm³/mol. The average molecular weight is 562 g/mol. The number of anilines is 1. The van der Waals surface area contributed by atoms with Gasteiger partial charge in [-0.25, -0.2) is 0 Å². The Hall–Kier alpha value is -4.06. The molecule has 0 radical (unpaired) electrons. The van der Waals surface area contributed by atoms with Crippen molar-refractivity contribution < 1.29 is 28.6 Å². The number of benzene rings is 2. The summed E-state index contributed by atoms with van der Waals surface area (Å²) in [5, 5.41) is 10.7. The van der Waals surface area contributed by atoms with Gasteiger partial charge in [-0.2, -0.15) is 0 Å². The highest BCUT2D eigenvalue weighted by Gasteiger charge is 2.35. The lowest BCUT2D eigenvalue weighted by atomic mass is 10.0. The van der Waals surface area contributed by atoms with Crippen LogP contribution in [0, 0.1) is 5.41 Å². The fourth-order valence-corrected chi connectivity index (χ4v) is 5.14. The number of nitrogen functional groups attached to an aromatic ring is 1. The number of aryl methyl sites for hydroxylation is 1. The Morgan fingerprint density at radius 3 is 2.44 bits per heavy atom. The number of esters is 1. The van der Waals surface area contributed by atoms with Crippen LogP contribution >= 0.6 is 0 Å². The zero-order chi connectivity index (χ0) is 28.8. The van der Waals surface area contributed by atoms with Crippen molar-refractivity contribution in [1.29, 1.82) is 5.41 Å². The molecule has 11 nitrogen and oxygen atoms in total. The molecule has 0 bridgehead atoms. The van der Waals surface area contributed by atoms with E-state index in [4.69, 9.17) is 25.4 Å². The number of amidine groups is 1. The van der Waals surface area contributed by atoms with E-state index >= 15 is 0 Å². The maximum absolute atomic E-state index is 13.8. The first kappa shape index (κ1) is 28.5. The van der Waals surface area contributed by atoms with Crippen LogP contribution in [0.5, 0.6) is 0 Å². The van der Waals surface area contributed by atoms with Crippen LogP contribution in [0.2, 0.25) is 0 Å². The summed E-state index contributed by atoms with van der Waals surface area (Å²) in [4.78, 5) is 42.1. The van der Waals surface area contributed by atoms with Crippen LogP contribution < -0.4 is 16.0 Å². The van der Waals surface area contributed by atoms with Gasteiger partial charge in [-0.1, -0.05) is 24.3 Å². The molecule has 11 heteroatoms. The summed E-state index contributed by atoms with van der Waals surface area (Å²) in [5.74, 6) is -0.809. The van der Waals surface area contributed by atoms with Crippen molar-refractivity contribution in [3.8, 4) is 0 Å². The minimum Gasteiger partial charge on any atom is -0.458 e. The van der Waals surface area contributed by atoms with Gasteiger partial charge in [-0.05, 0) is 41.8 Å². The van der Waals surface area contributed by atoms with E-state index in [2.05, 4.69) is 10.2 Å². The number of morpholine rings is 2. The number of carbonyl (C=O) groups excluding carboxylic acids is 3. The molecule has 41 heavy (non-hydrogen) atoms. The number of carbonyl (C=O) groups is 3. The topological polar surface area (TPSA) is 147 Å². The molecule has 3 aliphatic rings. The first-order valence-corrected chi connectivity index (χ1v) is 13.8. The van der Waals surface area contributed by atoms with Crippen LogP contribution in [0.15, 0.2) is 54.2 Å². The fraction of sp³-hybridized carbons (Fsp3) is 0.400. The highest BCUT2D eigenvalue weighted by molar-refractivity contribution is 6.29. The number of nitrogens with one attached hydrogen (secondary N) is 2. The second-order valence-corrected chi connectivity index (χ2v) is 10.2. The number of hydrogen-bond donors (Lipinski definition) is 3. The molecule has 4 N–H and O–H groups in total. The van der Waals surface area contributed by atoms with Crippen molar-refractivity contribution in [2.45, 2.75) is 18.9 Å². The lowest BCUT2D eigenvalue weighted by molar-refractivity contribution is -0.151. The van der Waals surface area contributed by atoms with Gasteiger partial charge in [0.05, 0.1) is 31.9 Å². The molecule has 2 fully saturated rings. The van der Waals surface area contributed by atoms with E-state index in [1.165, 1.54) is 0 Å². The van der Waals surface area contributed by atoms with E-state index < -0.39 is 12.1 Å². The van der Waals surface area contributed by atoms with Crippen molar-refractivity contribution >= 4 is 34.8 Å². The number of Topliss-reactive ketones (excluding diaryl/α,β-unsaturated/α-hetero) is 1. The number of nitrogens with zero attached hydrogens (tertiary/aromatic N) is 2. The molecule has 1 unspecified atom stereocenters. The molecule has 0 aliphatic carbocycles. The summed E-state index contributed by atoms with van der Waals surface area (Å²) in [6.45, 7) is 4.34. The highest BCUT2D eigenvalue weighted by atomic mass is 16.5. The number of amides is 1. The second-order valence-electron chi connectivity index (χ2n) is 10.2. The quantitative estimate of drug-likeness (QED) is 0.220. The third-order valence-electron chi connectivity index (χ3n) is 7.46. The van der Waals surface area contributed by atoms with E-state index in [0.29, 0.717) is 70.1 Å². The number of hydrogen-bond acceptors (Lipinski definition) is 9. The lowest BCUT2D eigenvalue weighted by Gasteiger charge is -2.30. The largest absolute Gasteiger partial charge is 0.458 e. The first-order valence-electron chi connectivity index (χ1n) is 13.8. The third-order valence-corrected chi connectivity index (χ3v) is 7.46. The third kappa shape index (κ3) is 6.82. The van der Waals surface area contributed by atoms with Gasteiger partial charge in [0.25, 0.3) is 5.91 Å². The van der Waals surface area contributed by atoms with E-state index in [0.717, 1.165) is 22.5 Å². The fourth-order valence-electron chi connectivity index (χ4n) is 5.14. The van der Waals surface area contributed by atoms with Gasteiger partial charge < -0.3 is 35.1 Å². The molecule has 3 heterocycles. The Bertz CT molecular complexity index is 1310. The summed E-state index contributed by atoms with van der Waals surface area (Å²) in [5.41, 5.74) is 10.3. The number of ketones is 1. The number of nitrogens with two attached hydrogens (primary N) is 1. The SMILES string of the molecule is N=C(N)c1ccc(N2CC(N3CCOCC3)=C(c3ccc(CCC(=O)OCC(=O)C4CNCCO4)cc3)C2=O)cc1. The molecule has 1 atom stereocenters. The van der Waals surface area contributed by atoms with E-state index in [9.17, 15) is 14.4 Å². The maximum Gasteiger partial charge on any atom is 0.306 e. The summed E-state index contributed by atoms with van der Waals surface area (Å²) >= 11 is 0. The summed E-state index contributed by atoms with van der Waals surface area (Å²) in [6.07, 6.45) is 0.0169. The molecule has 0 aromatic heterocycles. The molecule has 2 aromatic rings. The molecular formula is C30H35N5O6. The van der Waals surface area contributed by atoms with Gasteiger partial charge in [0.15, 0.2) is 12.4 Å². The smallest absolute Gasteiger partial charge is 0.306 e. The predicted octanol–water partition coefficient (Wildman–Crippen LogP) is 1.09. The molecule has 5 rings (SSSR count). The second kappa shape index (κ2) is 13.1. The summed E-state index contributed by atoms with van der Waals surface area (Å²) in [6, 6.07) is 14.8. The molecule has 2 saturated heterocycles. The maximum atomic E-state index is 13.8. The monoisotopic (exact) mass is 561 g/mol. The van der Waals surface area contributed by atoms with E-state index in [1.807, 2.05) is 36.4 Å². The Balaban J connectivity index is 1.24. The van der Waals surface area contributed by atoms with Crippen LogP contribution in [0.1, 0.15) is 23.1 Å². The van der Waals surface area contributed by atoms with Gasteiger partial charge in [0.2, 0.25) is 0 Å². The molecule has 0 saturated carbocycles. The van der Waals surface area contributed by atoms with E-state index in [1.54, 1.807) is 17.0 Å². The zero-order valence-electron chi connectivity index (χ0n) is 22.9. The van der Waals surface area contributed by atoms with Crippen LogP contribution in [-0.4, -0.2) is 93.7 Å². The zero-order valence-corrected chi connectivity index (χ0v) is 22.9. The highest BCUT2D eigenvalue weighted by Crippen LogP contribution is 2.34. The molecule has 1 amide bonds. The van der Waals surface area contributed by atoms with Crippen molar-refractivity contribution in [2.24, 2.45) is 5.73 Å². The van der Waals surface area contributed by atoms with E-state index in [-0.39, 0.29) is 30.6 Å². The molecule has 3 aliphatic heterocycles. The first-order chi connectivity index (χ1) is 19.9. The molecule has 216 valence electrons. The van der Waals surface area contributed by atoms with Gasteiger partial charge in [-0.3, -0.25) is 19.8 Å². The van der Waals surface area contributed by atoms with Gasteiger partial charge >= 0.3 is 5.97 Å². The standard InChI is InChI=1S/C30H35N5O6/c31-29(32)22-6-8-23(9-7-22)35-18-24(34-12-15-39-16-13-34)28(30(35)38)21-4-1-20(2-5-21)3-10-27(37)41-19-25(36)26-17-33-11-14-40-26/h1-2,4-9,26,33H,3,10-19H2,(H3,31,32). The normalized spacial score (nSPS) is 19.4. The molecule has 2 aromatic carbocycles. The van der Waals surface area contributed by atoms with Crippen molar-refractivity contribution in [3.63, 3.8) is 0 Å². The van der Waals surface area contributed by atoms with Crippen LogP contribution in [0.4, 0.5) is 5.69 Å². The van der Waals surface area contributed by atoms with Gasteiger partial charge in [0, 0.05) is 49.5 Å². The van der Waals surface area contributed by atoms with Crippen LogP contribution in [-0.2, 0) is 35.0 Å². The Morgan fingerprint density at radius 2 is 1.78 bits per heavy atom. The Labute approximate surface area is 238 Å². The molecule has 0 spiro atoms. The number of rotatable bonds is 10. The lowest BCUT2D eigenvalue weighted by Crippen LogP contribution is -2.44. The van der Waals surface area contributed by atoms with Crippen LogP contribution in [0.25, 0.3) is 5.57 Å². The molecular weight excluding hydrogens is 526 g/mol. The van der Waals surface area contributed by atoms with Crippen LogP contribution in [0.3, 0.4) is 0 Å². The van der Waals surface area contributed by atoms with Crippen molar-refractivity contribution in [2.75, 3.05) is 64.1 Å². The Kier molecular flexibility index (Phi) is 9.07. The number of ether oxygens (including phenoxy) is 3. The van der Waals surface area contributed by atoms with Crippen molar-refractivity contribution in [3.05, 3.63) is 70.9 Å². The van der Waals surface area contributed by atoms with Gasteiger partial charge in [0.1, 0.15) is 11.9 Å². The average Bonchev–Trinajstić information content (AvgIpc) is 3.36. The minimum absolute atomic E-state index is 0.0226. The summed E-state index contributed by atoms with van der Waals surface area (Å²) in [7, 11) is 0. The Morgan fingerprint density at radius 1 is 1.05 bits per heavy atom. The van der Waals surface area contributed by atoms with Crippen molar-refractivity contribution in [1.82, 2.24) is 10.2 Å².